The van der Waals surface area contributed by atoms with Gasteiger partial charge in [0.05, 0.1) is 31.8 Å². The van der Waals surface area contributed by atoms with E-state index in [1.807, 2.05) is 49.5 Å². The van der Waals surface area contributed by atoms with E-state index in [0.717, 1.165) is 36.5 Å². The Morgan fingerprint density at radius 3 is 2.49 bits per heavy atom. The number of carbonyl (C=O) groups excluding carboxylic acids is 1. The molecule has 1 N–H and O–H groups in total. The number of hydrogen-bond donors (Lipinski definition) is 1. The maximum atomic E-state index is 12.5. The van der Waals surface area contributed by atoms with Crippen molar-refractivity contribution in [1.82, 2.24) is 24.8 Å². The number of likely N-dealkylation sites (tertiary alicyclic amines) is 1. The molecule has 1 fully saturated rings. The number of amides is 1. The van der Waals surface area contributed by atoms with Crippen molar-refractivity contribution in [3.05, 3.63) is 85.0 Å². The number of hydrogen-bond acceptors (Lipinski definition) is 8. The van der Waals surface area contributed by atoms with Crippen molar-refractivity contribution in [1.29, 1.82) is 0 Å². The Morgan fingerprint density at radius 2 is 1.82 bits per heavy atom. The molecule has 1 amide bonds. The molecule has 0 aliphatic carbocycles. The summed E-state index contributed by atoms with van der Waals surface area (Å²) < 4.78 is 11.5. The van der Waals surface area contributed by atoms with Crippen molar-refractivity contribution in [3.8, 4) is 22.6 Å². The molecule has 1 saturated heterocycles. The number of methoxy groups -OCH3 is 2. The monoisotopic (exact) mass is 525 g/mol. The lowest BCUT2D eigenvalue weighted by Gasteiger charge is -2.30. The van der Waals surface area contributed by atoms with Crippen LogP contribution in [0.3, 0.4) is 0 Å². The first kappa shape index (κ1) is 25.9. The minimum Gasteiger partial charge on any atom is -0.496 e. The molecule has 1 aliphatic rings. The number of aromatic nitrogens is 4. The second-order valence-corrected chi connectivity index (χ2v) is 9.11. The van der Waals surface area contributed by atoms with E-state index >= 15 is 0 Å². The highest BCUT2D eigenvalue weighted by Crippen LogP contribution is 2.43. The molecule has 2 aromatic carbocycles. The van der Waals surface area contributed by atoms with Crippen LogP contribution in [0.5, 0.6) is 11.5 Å². The summed E-state index contributed by atoms with van der Waals surface area (Å²) in [6.07, 6.45) is 7.77. The number of aryl methyl sites for hydroxylation is 1. The van der Waals surface area contributed by atoms with Gasteiger partial charge < -0.3 is 14.8 Å². The van der Waals surface area contributed by atoms with Gasteiger partial charge in [0.2, 0.25) is 5.91 Å². The first-order chi connectivity index (χ1) is 19.0. The van der Waals surface area contributed by atoms with Gasteiger partial charge in [-0.15, -0.1) is 0 Å². The minimum absolute atomic E-state index is 0.350. The minimum atomic E-state index is -0.350. The fraction of sp³-hybridized carbons (Fsp3) is 0.241. The van der Waals surface area contributed by atoms with Crippen LogP contribution >= 0.6 is 0 Å². The number of rotatable bonds is 10. The van der Waals surface area contributed by atoms with Crippen LogP contribution in [0.25, 0.3) is 11.1 Å². The van der Waals surface area contributed by atoms with E-state index in [9.17, 15) is 4.79 Å². The molecule has 3 heterocycles. The Balaban J connectivity index is 1.70. The summed E-state index contributed by atoms with van der Waals surface area (Å²) in [5.41, 5.74) is 4.64. The summed E-state index contributed by atoms with van der Waals surface area (Å²) in [4.78, 5) is 25.7. The first-order valence-electron chi connectivity index (χ1n) is 12.7. The van der Waals surface area contributed by atoms with E-state index in [-0.39, 0.29) is 5.91 Å². The Kier molecular flexibility index (Phi) is 7.55. The maximum Gasteiger partial charge on any atom is 0.251 e. The largest absolute Gasteiger partial charge is 0.496 e. The van der Waals surface area contributed by atoms with Gasteiger partial charge in [0, 0.05) is 35.6 Å². The van der Waals surface area contributed by atoms with Gasteiger partial charge in [-0.1, -0.05) is 24.8 Å². The van der Waals surface area contributed by atoms with Crippen molar-refractivity contribution >= 4 is 23.2 Å². The Bertz CT molecular complexity index is 1480. The third-order valence-electron chi connectivity index (χ3n) is 6.67. The van der Waals surface area contributed by atoms with Crippen molar-refractivity contribution in [2.45, 2.75) is 19.9 Å². The highest BCUT2D eigenvalue weighted by Gasteiger charge is 2.25. The molecule has 0 saturated carbocycles. The summed E-state index contributed by atoms with van der Waals surface area (Å²) in [5, 5.41) is 9.53. The highest BCUT2D eigenvalue weighted by atomic mass is 16.5. The van der Waals surface area contributed by atoms with Crippen LogP contribution in [0.1, 0.15) is 17.7 Å². The summed E-state index contributed by atoms with van der Waals surface area (Å²) in [5.74, 6) is 1.22. The van der Waals surface area contributed by atoms with Crippen LogP contribution in [0, 0.1) is 6.92 Å². The van der Waals surface area contributed by atoms with Crippen LogP contribution in [-0.4, -0.2) is 58.0 Å². The summed E-state index contributed by atoms with van der Waals surface area (Å²) >= 11 is 0. The fourth-order valence-electron chi connectivity index (χ4n) is 4.50. The summed E-state index contributed by atoms with van der Waals surface area (Å²) in [7, 11) is 3.21. The molecule has 5 rings (SSSR count). The molecule has 2 aromatic heterocycles. The lowest BCUT2D eigenvalue weighted by molar-refractivity contribution is -0.111. The first-order valence-corrected chi connectivity index (χ1v) is 12.7. The third kappa shape index (κ3) is 5.32. The third-order valence-corrected chi connectivity index (χ3v) is 6.67. The van der Waals surface area contributed by atoms with Crippen molar-refractivity contribution in [2.75, 3.05) is 37.6 Å². The van der Waals surface area contributed by atoms with E-state index in [0.29, 0.717) is 34.4 Å². The highest BCUT2D eigenvalue weighted by molar-refractivity contribution is 6.03. The van der Waals surface area contributed by atoms with E-state index in [1.54, 1.807) is 42.5 Å². The zero-order valence-electron chi connectivity index (χ0n) is 22.3. The molecule has 10 heteroatoms. The predicted molar refractivity (Wildman–Crippen MR) is 150 cm³/mol. The number of nitrogens with one attached hydrogen (secondary N) is 1. The summed E-state index contributed by atoms with van der Waals surface area (Å²) in [6.45, 7) is 8.60. The van der Waals surface area contributed by atoms with Gasteiger partial charge in [0.1, 0.15) is 17.2 Å². The average molecular weight is 526 g/mol. The lowest BCUT2D eigenvalue weighted by Crippen LogP contribution is -2.36. The molecule has 200 valence electrons. The zero-order valence-corrected chi connectivity index (χ0v) is 22.3. The van der Waals surface area contributed by atoms with Gasteiger partial charge in [0.15, 0.2) is 0 Å². The van der Waals surface area contributed by atoms with Gasteiger partial charge in [-0.2, -0.15) is 14.9 Å². The zero-order chi connectivity index (χ0) is 27.4. The predicted octanol–water partition coefficient (Wildman–Crippen LogP) is 4.60. The molecule has 10 nitrogen and oxygen atoms in total. The number of ether oxygens (including phenoxy) is 2. The van der Waals surface area contributed by atoms with Gasteiger partial charge in [-0.25, -0.2) is 9.97 Å². The Morgan fingerprint density at radius 1 is 1.08 bits per heavy atom. The molecule has 0 unspecified atom stereocenters. The van der Waals surface area contributed by atoms with Crippen molar-refractivity contribution in [3.63, 3.8) is 0 Å². The molecule has 0 bridgehead atoms. The van der Waals surface area contributed by atoms with Gasteiger partial charge in [0.25, 0.3) is 5.95 Å². The molecule has 0 spiro atoms. The number of carbonyl (C=O) groups is 1. The van der Waals surface area contributed by atoms with E-state index < -0.39 is 0 Å². The standard InChI is InChI=1S/C29H31N7O3/c1-5-28(37)32-24-17-25(27(39-4)16-23(24)22-10-6-7-11-26(22)38-3)36(29-30-12-8-13-31-29)35-19-21(20(2)33-35)18-34-14-9-15-34/h5-8,10-13,16-17,19H,1,9,14-15,18H2,2-4H3,(H,32,37). The van der Waals surface area contributed by atoms with E-state index in [4.69, 9.17) is 14.6 Å². The van der Waals surface area contributed by atoms with Crippen molar-refractivity contribution < 1.29 is 14.3 Å². The van der Waals surface area contributed by atoms with Crippen LogP contribution in [0.15, 0.2) is 73.7 Å². The number of nitrogens with zero attached hydrogens (tertiary/aromatic N) is 6. The Hall–Kier alpha value is -4.70. The number of para-hydroxylation sites is 1. The van der Waals surface area contributed by atoms with Crippen LogP contribution in [-0.2, 0) is 11.3 Å². The maximum absolute atomic E-state index is 12.5. The molecule has 39 heavy (non-hydrogen) atoms. The smallest absolute Gasteiger partial charge is 0.251 e. The van der Waals surface area contributed by atoms with Gasteiger partial charge in [-0.05, 0) is 56.8 Å². The van der Waals surface area contributed by atoms with Crippen molar-refractivity contribution in [2.24, 2.45) is 0 Å². The van der Waals surface area contributed by atoms with E-state index in [2.05, 4.69) is 26.8 Å². The molecular formula is C29H31N7O3. The molecular weight excluding hydrogens is 494 g/mol. The number of benzene rings is 2. The Labute approximate surface area is 227 Å². The fourth-order valence-corrected chi connectivity index (χ4v) is 4.50. The van der Waals surface area contributed by atoms with E-state index in [1.165, 1.54) is 12.5 Å². The van der Waals surface area contributed by atoms with Crippen LogP contribution in [0.2, 0.25) is 0 Å². The van der Waals surface area contributed by atoms with Crippen LogP contribution in [0.4, 0.5) is 17.3 Å². The normalized spacial score (nSPS) is 12.9. The quantitative estimate of drug-likeness (QED) is 0.300. The number of anilines is 3. The molecule has 4 aromatic rings. The molecule has 1 aliphatic heterocycles. The second-order valence-electron chi connectivity index (χ2n) is 9.11. The van der Waals surface area contributed by atoms with Gasteiger partial charge >= 0.3 is 0 Å². The second kappa shape index (κ2) is 11.4. The topological polar surface area (TPSA) is 97.6 Å². The summed E-state index contributed by atoms with van der Waals surface area (Å²) in [6, 6.07) is 13.0. The van der Waals surface area contributed by atoms with Crippen LogP contribution < -0.4 is 19.8 Å². The lowest BCUT2D eigenvalue weighted by atomic mass is 10.0. The van der Waals surface area contributed by atoms with Gasteiger partial charge in [-0.3, -0.25) is 9.69 Å². The molecule has 0 radical (unpaired) electrons. The molecule has 0 atom stereocenters. The SMILES string of the molecule is C=CC(=O)Nc1cc(N(c2ncccn2)n2cc(CN3CCC3)c(C)n2)c(OC)cc1-c1ccccc1OC. The average Bonchev–Trinajstić information content (AvgIpc) is 3.30.